The van der Waals surface area contributed by atoms with Gasteiger partial charge in [-0.2, -0.15) is 0 Å². The van der Waals surface area contributed by atoms with E-state index in [2.05, 4.69) is 77.3 Å². The highest BCUT2D eigenvalue weighted by Crippen LogP contribution is 2.45. The minimum Gasteiger partial charge on any atom is -0.313 e. The molecule has 122 valence electrons. The minimum absolute atomic E-state index is 0. The number of hydrogen-bond acceptors (Lipinski definition) is 1. The first-order chi connectivity index (χ1) is 10.7. The van der Waals surface area contributed by atoms with Gasteiger partial charge in [0, 0.05) is 15.0 Å². The summed E-state index contributed by atoms with van der Waals surface area (Å²) in [6.45, 7) is 3.32. The Balaban J connectivity index is 0.00000156. The lowest BCUT2D eigenvalue weighted by atomic mass is 9.64. The molecule has 1 fully saturated rings. The second-order valence-corrected chi connectivity index (χ2v) is 8.16. The van der Waals surface area contributed by atoms with Crippen LogP contribution < -0.4 is 5.32 Å². The van der Waals surface area contributed by atoms with Gasteiger partial charge >= 0.3 is 0 Å². The van der Waals surface area contributed by atoms with Crippen LogP contribution in [0.5, 0.6) is 0 Å². The van der Waals surface area contributed by atoms with Crippen LogP contribution in [-0.4, -0.2) is 12.6 Å². The van der Waals surface area contributed by atoms with Crippen LogP contribution in [0.4, 0.5) is 0 Å². The Labute approximate surface area is 158 Å². The highest BCUT2D eigenvalue weighted by molar-refractivity contribution is 14.1. The van der Waals surface area contributed by atoms with Crippen LogP contribution >= 0.6 is 35.0 Å². The van der Waals surface area contributed by atoms with Gasteiger partial charge in [-0.05, 0) is 90.6 Å². The lowest BCUT2D eigenvalue weighted by Gasteiger charge is -2.41. The van der Waals surface area contributed by atoms with Gasteiger partial charge in [-0.3, -0.25) is 0 Å². The van der Waals surface area contributed by atoms with E-state index < -0.39 is 0 Å². The van der Waals surface area contributed by atoms with Gasteiger partial charge in [-0.1, -0.05) is 35.9 Å². The summed E-state index contributed by atoms with van der Waals surface area (Å²) in [6.07, 6.45) is 4.93. The Morgan fingerprint density at radius 2 is 1.96 bits per heavy atom. The van der Waals surface area contributed by atoms with Crippen LogP contribution in [0.1, 0.15) is 35.1 Å². The molecule has 23 heavy (non-hydrogen) atoms. The van der Waals surface area contributed by atoms with Crippen molar-refractivity contribution in [3.63, 3.8) is 0 Å². The zero-order chi connectivity index (χ0) is 15.2. The Morgan fingerprint density at radius 3 is 2.74 bits per heavy atom. The number of nitrogens with one attached hydrogen (secondary N) is 1. The molecule has 2 aromatic rings. The SMILES string of the molecule is Cc1ccc(CC23CCNC2CCc2cc(I)ccc23)cc1.Cl. The fourth-order valence-electron chi connectivity index (χ4n) is 4.47. The van der Waals surface area contributed by atoms with Crippen molar-refractivity contribution in [2.75, 3.05) is 6.54 Å². The molecule has 1 nitrogen and oxygen atoms in total. The summed E-state index contributed by atoms with van der Waals surface area (Å²) in [5.74, 6) is 0. The van der Waals surface area contributed by atoms with Gasteiger partial charge in [0.05, 0.1) is 0 Å². The first-order valence-electron chi connectivity index (χ1n) is 8.25. The average molecular weight is 440 g/mol. The summed E-state index contributed by atoms with van der Waals surface area (Å²) in [5.41, 5.74) is 6.31. The van der Waals surface area contributed by atoms with Crippen molar-refractivity contribution in [1.82, 2.24) is 5.32 Å². The number of halogens is 2. The molecule has 1 heterocycles. The average Bonchev–Trinajstić information content (AvgIpc) is 2.93. The molecule has 0 radical (unpaired) electrons. The molecule has 2 aliphatic rings. The van der Waals surface area contributed by atoms with Crippen LogP contribution in [0, 0.1) is 10.5 Å². The van der Waals surface area contributed by atoms with Gasteiger partial charge in [0.25, 0.3) is 0 Å². The third kappa shape index (κ3) is 3.06. The molecule has 0 amide bonds. The highest BCUT2D eigenvalue weighted by atomic mass is 127. The predicted molar refractivity (Wildman–Crippen MR) is 108 cm³/mol. The van der Waals surface area contributed by atoms with E-state index in [1.54, 1.807) is 11.1 Å². The second-order valence-electron chi connectivity index (χ2n) is 6.92. The van der Waals surface area contributed by atoms with Gasteiger partial charge in [0.2, 0.25) is 0 Å². The van der Waals surface area contributed by atoms with Crippen LogP contribution in [0.3, 0.4) is 0 Å². The lowest BCUT2D eigenvalue weighted by molar-refractivity contribution is 0.326. The van der Waals surface area contributed by atoms with Gasteiger partial charge in [-0.15, -0.1) is 12.4 Å². The molecule has 0 bridgehead atoms. The summed E-state index contributed by atoms with van der Waals surface area (Å²) in [5, 5.41) is 3.78. The van der Waals surface area contributed by atoms with E-state index >= 15 is 0 Å². The number of rotatable bonds is 2. The van der Waals surface area contributed by atoms with E-state index in [-0.39, 0.29) is 12.4 Å². The van der Waals surface area contributed by atoms with Crippen LogP contribution in [0.15, 0.2) is 42.5 Å². The Kier molecular flexibility index (Phi) is 5.05. The monoisotopic (exact) mass is 439 g/mol. The fourth-order valence-corrected chi connectivity index (χ4v) is 5.03. The van der Waals surface area contributed by atoms with E-state index in [1.807, 2.05) is 0 Å². The van der Waals surface area contributed by atoms with Crippen molar-refractivity contribution in [3.05, 3.63) is 68.3 Å². The second kappa shape index (κ2) is 6.73. The molecule has 0 spiro atoms. The molecular formula is C20H23ClIN. The van der Waals surface area contributed by atoms with Gasteiger partial charge in [0.1, 0.15) is 0 Å². The first-order valence-corrected chi connectivity index (χ1v) is 9.33. The first kappa shape index (κ1) is 17.2. The van der Waals surface area contributed by atoms with Crippen molar-refractivity contribution >= 4 is 35.0 Å². The van der Waals surface area contributed by atoms with Crippen molar-refractivity contribution in [2.45, 2.75) is 44.1 Å². The standard InChI is InChI=1S/C20H22IN.ClH/c1-14-2-4-15(5-3-14)13-20-10-11-22-19(20)9-6-16-12-17(21)7-8-18(16)20;/h2-5,7-8,12,19,22H,6,9-11,13H2,1H3;1H. The van der Waals surface area contributed by atoms with E-state index in [4.69, 9.17) is 0 Å². The van der Waals surface area contributed by atoms with Gasteiger partial charge in [0.15, 0.2) is 0 Å². The number of aryl methyl sites for hydroxylation is 2. The van der Waals surface area contributed by atoms with Crippen molar-refractivity contribution in [1.29, 1.82) is 0 Å². The summed E-state index contributed by atoms with van der Waals surface area (Å²) in [7, 11) is 0. The quantitative estimate of drug-likeness (QED) is 0.662. The maximum Gasteiger partial charge on any atom is 0.0171 e. The summed E-state index contributed by atoms with van der Waals surface area (Å²) in [6, 6.07) is 16.9. The Bertz CT molecular complexity index is 697. The van der Waals surface area contributed by atoms with E-state index in [0.717, 1.165) is 6.54 Å². The lowest BCUT2D eigenvalue weighted by Crippen LogP contribution is -2.45. The van der Waals surface area contributed by atoms with E-state index in [0.29, 0.717) is 11.5 Å². The molecule has 1 aliphatic carbocycles. The van der Waals surface area contributed by atoms with Crippen molar-refractivity contribution < 1.29 is 0 Å². The van der Waals surface area contributed by atoms with E-state index in [9.17, 15) is 0 Å². The third-order valence-electron chi connectivity index (χ3n) is 5.58. The normalized spacial score (nSPS) is 25.4. The molecule has 1 N–H and O–H groups in total. The number of fused-ring (bicyclic) bond motifs is 3. The largest absolute Gasteiger partial charge is 0.313 e. The molecule has 0 aromatic heterocycles. The molecule has 2 atom stereocenters. The molecule has 0 saturated carbocycles. The molecule has 4 rings (SSSR count). The predicted octanol–water partition coefficient (Wildman–Crippen LogP) is 4.81. The van der Waals surface area contributed by atoms with Crippen LogP contribution in [0.2, 0.25) is 0 Å². The molecule has 2 unspecified atom stereocenters. The molecule has 2 aromatic carbocycles. The third-order valence-corrected chi connectivity index (χ3v) is 6.25. The van der Waals surface area contributed by atoms with Crippen molar-refractivity contribution in [3.8, 4) is 0 Å². The topological polar surface area (TPSA) is 12.0 Å². The molecular weight excluding hydrogens is 417 g/mol. The summed E-state index contributed by atoms with van der Waals surface area (Å²) >= 11 is 2.44. The molecule has 3 heteroatoms. The fraction of sp³-hybridized carbons (Fsp3) is 0.400. The van der Waals surface area contributed by atoms with Crippen molar-refractivity contribution in [2.24, 2.45) is 0 Å². The summed E-state index contributed by atoms with van der Waals surface area (Å²) < 4.78 is 1.37. The van der Waals surface area contributed by atoms with E-state index in [1.165, 1.54) is 40.4 Å². The minimum atomic E-state index is 0. The molecule has 1 saturated heterocycles. The highest BCUT2D eigenvalue weighted by Gasteiger charge is 2.47. The van der Waals surface area contributed by atoms with Crippen LogP contribution in [-0.2, 0) is 18.3 Å². The van der Waals surface area contributed by atoms with Crippen LogP contribution in [0.25, 0.3) is 0 Å². The van der Waals surface area contributed by atoms with Gasteiger partial charge < -0.3 is 5.32 Å². The number of hydrogen-bond donors (Lipinski definition) is 1. The maximum atomic E-state index is 3.78. The Hall–Kier alpha value is -0.580. The smallest absolute Gasteiger partial charge is 0.0171 e. The molecule has 1 aliphatic heterocycles. The maximum absolute atomic E-state index is 3.78. The Morgan fingerprint density at radius 1 is 1.17 bits per heavy atom. The zero-order valence-corrected chi connectivity index (χ0v) is 16.4. The number of benzene rings is 2. The zero-order valence-electron chi connectivity index (χ0n) is 13.4. The van der Waals surface area contributed by atoms with Gasteiger partial charge in [-0.25, -0.2) is 0 Å². The summed E-state index contributed by atoms with van der Waals surface area (Å²) in [4.78, 5) is 0.